The molecule has 4 saturated carbocycles. The van der Waals surface area contributed by atoms with E-state index in [0.29, 0.717) is 22.3 Å². The SMILES string of the molecule is COCCCC(CC12CC3CC(C)(CC(C)(C3)C1)C2)NN. The first-order valence-corrected chi connectivity index (χ1v) is 8.85. The minimum absolute atomic E-state index is 0.462. The van der Waals surface area contributed by atoms with E-state index in [1.165, 1.54) is 44.9 Å². The van der Waals surface area contributed by atoms with Gasteiger partial charge in [0.15, 0.2) is 0 Å². The van der Waals surface area contributed by atoms with Crippen LogP contribution < -0.4 is 11.3 Å². The van der Waals surface area contributed by atoms with Gasteiger partial charge in [-0.15, -0.1) is 0 Å². The highest BCUT2D eigenvalue weighted by molar-refractivity contribution is 5.10. The highest BCUT2D eigenvalue weighted by atomic mass is 16.5. The van der Waals surface area contributed by atoms with E-state index in [2.05, 4.69) is 19.3 Å². The van der Waals surface area contributed by atoms with E-state index in [4.69, 9.17) is 10.6 Å². The van der Waals surface area contributed by atoms with E-state index < -0.39 is 0 Å². The molecule has 3 atom stereocenters. The molecule has 0 aromatic rings. The van der Waals surface area contributed by atoms with Crippen LogP contribution in [0.4, 0.5) is 0 Å². The van der Waals surface area contributed by atoms with Crippen LogP contribution in [0.25, 0.3) is 0 Å². The zero-order valence-electron chi connectivity index (χ0n) is 14.2. The van der Waals surface area contributed by atoms with Crippen molar-refractivity contribution in [3.05, 3.63) is 0 Å². The molecule has 0 heterocycles. The summed E-state index contributed by atoms with van der Waals surface area (Å²) >= 11 is 0. The molecule has 122 valence electrons. The molecule has 4 rings (SSSR count). The molecule has 0 aliphatic heterocycles. The van der Waals surface area contributed by atoms with Gasteiger partial charge in [0.05, 0.1) is 0 Å². The second-order valence-electron chi connectivity index (χ2n) is 9.33. The Bertz CT molecular complexity index is 365. The fourth-order valence-corrected chi connectivity index (χ4v) is 7.15. The predicted octanol–water partition coefficient (Wildman–Crippen LogP) is 3.63. The third kappa shape index (κ3) is 3.16. The maximum absolute atomic E-state index is 5.86. The Morgan fingerprint density at radius 2 is 1.81 bits per heavy atom. The molecule has 3 N–H and O–H groups in total. The fourth-order valence-electron chi connectivity index (χ4n) is 7.15. The Balaban J connectivity index is 1.69. The van der Waals surface area contributed by atoms with Gasteiger partial charge in [-0.1, -0.05) is 13.8 Å². The van der Waals surface area contributed by atoms with Crippen LogP contribution in [0.5, 0.6) is 0 Å². The molecule has 0 aromatic carbocycles. The fraction of sp³-hybridized carbons (Fsp3) is 1.00. The summed E-state index contributed by atoms with van der Waals surface area (Å²) in [5, 5.41) is 0. The van der Waals surface area contributed by atoms with Crippen molar-refractivity contribution in [3.8, 4) is 0 Å². The van der Waals surface area contributed by atoms with E-state index in [-0.39, 0.29) is 0 Å². The standard InChI is InChI=1S/C18H34N2O/c1-16-7-14-8-17(2,11-16)13-18(9-14,12-16)10-15(20-19)5-4-6-21-3/h14-15,20H,4-13,19H2,1-3H3. The van der Waals surface area contributed by atoms with Crippen LogP contribution >= 0.6 is 0 Å². The average Bonchev–Trinajstić information content (AvgIpc) is 2.33. The molecule has 21 heavy (non-hydrogen) atoms. The van der Waals surface area contributed by atoms with Crippen LogP contribution in [-0.4, -0.2) is 19.8 Å². The summed E-state index contributed by atoms with van der Waals surface area (Å²) in [7, 11) is 1.78. The summed E-state index contributed by atoms with van der Waals surface area (Å²) in [5.74, 6) is 6.84. The molecule has 0 spiro atoms. The number of methoxy groups -OCH3 is 1. The van der Waals surface area contributed by atoms with Crippen LogP contribution in [-0.2, 0) is 4.74 Å². The highest BCUT2D eigenvalue weighted by Gasteiger charge is 2.59. The third-order valence-corrected chi connectivity index (χ3v) is 6.56. The number of hydrogen-bond acceptors (Lipinski definition) is 3. The largest absolute Gasteiger partial charge is 0.385 e. The molecule has 4 bridgehead atoms. The second-order valence-corrected chi connectivity index (χ2v) is 9.33. The van der Waals surface area contributed by atoms with E-state index in [1.807, 2.05) is 0 Å². The number of nitrogens with one attached hydrogen (secondary N) is 1. The summed E-state index contributed by atoms with van der Waals surface area (Å²) in [4.78, 5) is 0. The normalized spacial score (nSPS) is 46.0. The number of rotatable bonds is 7. The lowest BCUT2D eigenvalue weighted by molar-refractivity contribution is -0.150. The minimum Gasteiger partial charge on any atom is -0.385 e. The number of ether oxygens (including phenoxy) is 1. The first kappa shape index (κ1) is 15.8. The lowest BCUT2D eigenvalue weighted by Gasteiger charge is -2.66. The van der Waals surface area contributed by atoms with Crippen molar-refractivity contribution in [1.82, 2.24) is 5.43 Å². The van der Waals surface area contributed by atoms with Gasteiger partial charge in [-0.3, -0.25) is 11.3 Å². The molecule has 3 heteroatoms. The Morgan fingerprint density at radius 1 is 1.14 bits per heavy atom. The quantitative estimate of drug-likeness (QED) is 0.428. The van der Waals surface area contributed by atoms with Crippen molar-refractivity contribution >= 4 is 0 Å². The first-order chi connectivity index (χ1) is 9.90. The van der Waals surface area contributed by atoms with Gasteiger partial charge in [0, 0.05) is 19.8 Å². The molecule has 4 fully saturated rings. The third-order valence-electron chi connectivity index (χ3n) is 6.56. The predicted molar refractivity (Wildman–Crippen MR) is 86.7 cm³/mol. The van der Waals surface area contributed by atoms with Gasteiger partial charge < -0.3 is 4.74 Å². The molecular weight excluding hydrogens is 260 g/mol. The van der Waals surface area contributed by atoms with E-state index >= 15 is 0 Å². The van der Waals surface area contributed by atoms with Crippen molar-refractivity contribution in [2.24, 2.45) is 28.0 Å². The Morgan fingerprint density at radius 3 is 2.33 bits per heavy atom. The summed E-state index contributed by atoms with van der Waals surface area (Å²) in [5.41, 5.74) is 4.89. The number of hydrogen-bond donors (Lipinski definition) is 2. The van der Waals surface area contributed by atoms with Gasteiger partial charge >= 0.3 is 0 Å². The van der Waals surface area contributed by atoms with Crippen LogP contribution in [0, 0.1) is 22.2 Å². The smallest absolute Gasteiger partial charge is 0.0462 e. The van der Waals surface area contributed by atoms with Gasteiger partial charge in [0.2, 0.25) is 0 Å². The molecule has 0 amide bonds. The topological polar surface area (TPSA) is 47.3 Å². The molecule has 3 nitrogen and oxygen atoms in total. The molecule has 0 radical (unpaired) electrons. The van der Waals surface area contributed by atoms with Crippen molar-refractivity contribution in [3.63, 3.8) is 0 Å². The van der Waals surface area contributed by atoms with Crippen LogP contribution in [0.3, 0.4) is 0 Å². The Kier molecular flexibility index (Phi) is 4.13. The van der Waals surface area contributed by atoms with Crippen molar-refractivity contribution in [2.75, 3.05) is 13.7 Å². The second kappa shape index (κ2) is 5.50. The van der Waals surface area contributed by atoms with E-state index in [1.54, 1.807) is 7.11 Å². The van der Waals surface area contributed by atoms with Crippen LogP contribution in [0.1, 0.15) is 71.6 Å². The molecule has 3 unspecified atom stereocenters. The summed E-state index contributed by atoms with van der Waals surface area (Å²) in [6.45, 7) is 5.96. The Labute approximate surface area is 130 Å². The van der Waals surface area contributed by atoms with Crippen molar-refractivity contribution in [2.45, 2.75) is 77.7 Å². The summed E-state index contributed by atoms with van der Waals surface area (Å²) < 4.78 is 5.19. The average molecular weight is 294 g/mol. The summed E-state index contributed by atoms with van der Waals surface area (Å²) in [6.07, 6.45) is 12.3. The highest BCUT2D eigenvalue weighted by Crippen LogP contribution is 2.70. The first-order valence-electron chi connectivity index (χ1n) is 8.85. The maximum atomic E-state index is 5.86. The van der Waals surface area contributed by atoms with Crippen molar-refractivity contribution in [1.29, 1.82) is 0 Å². The molecule has 0 aromatic heterocycles. The van der Waals surface area contributed by atoms with Gasteiger partial charge in [-0.25, -0.2) is 0 Å². The lowest BCUT2D eigenvalue weighted by atomic mass is 9.39. The van der Waals surface area contributed by atoms with Crippen LogP contribution in [0.2, 0.25) is 0 Å². The lowest BCUT2D eigenvalue weighted by Crippen LogP contribution is -2.56. The monoisotopic (exact) mass is 294 g/mol. The van der Waals surface area contributed by atoms with E-state index in [9.17, 15) is 0 Å². The van der Waals surface area contributed by atoms with E-state index in [0.717, 1.165) is 25.4 Å². The Hall–Kier alpha value is -0.120. The summed E-state index contributed by atoms with van der Waals surface area (Å²) in [6, 6.07) is 0.462. The zero-order valence-corrected chi connectivity index (χ0v) is 14.2. The van der Waals surface area contributed by atoms with Gasteiger partial charge in [-0.05, 0) is 80.0 Å². The minimum atomic E-state index is 0.462. The van der Waals surface area contributed by atoms with Gasteiger partial charge in [0.25, 0.3) is 0 Å². The zero-order chi connectivity index (χ0) is 15.1. The van der Waals surface area contributed by atoms with Crippen molar-refractivity contribution < 1.29 is 4.74 Å². The number of hydrazine groups is 1. The molecule has 0 saturated heterocycles. The maximum Gasteiger partial charge on any atom is 0.0462 e. The van der Waals surface area contributed by atoms with Gasteiger partial charge in [-0.2, -0.15) is 0 Å². The molecule has 4 aliphatic rings. The van der Waals surface area contributed by atoms with Gasteiger partial charge in [0.1, 0.15) is 0 Å². The molecular formula is C18H34N2O. The van der Waals surface area contributed by atoms with Crippen LogP contribution in [0.15, 0.2) is 0 Å². The number of nitrogens with two attached hydrogens (primary N) is 1. The molecule has 4 aliphatic carbocycles.